The number of aliphatic hydroxyl groups excluding tert-OH is 1. The van der Waals surface area contributed by atoms with Crippen molar-refractivity contribution in [3.05, 3.63) is 48.0 Å². The van der Waals surface area contributed by atoms with Gasteiger partial charge >= 0.3 is 0 Å². The van der Waals surface area contributed by atoms with Crippen molar-refractivity contribution in [2.75, 3.05) is 6.61 Å². The molecular formula is C33H56O5Si. The molecule has 39 heavy (non-hydrogen) atoms. The summed E-state index contributed by atoms with van der Waals surface area (Å²) in [6.45, 7) is 27.2. The van der Waals surface area contributed by atoms with Crippen LogP contribution in [0, 0.1) is 5.92 Å². The van der Waals surface area contributed by atoms with Gasteiger partial charge in [0.05, 0.1) is 48.3 Å². The van der Waals surface area contributed by atoms with Gasteiger partial charge in [0, 0.05) is 6.42 Å². The summed E-state index contributed by atoms with van der Waals surface area (Å²) in [5, 5.41) is 11.6. The van der Waals surface area contributed by atoms with Crippen LogP contribution in [0.3, 0.4) is 0 Å². The van der Waals surface area contributed by atoms with Gasteiger partial charge in [-0.15, -0.1) is 0 Å². The van der Waals surface area contributed by atoms with Crippen molar-refractivity contribution in [2.24, 2.45) is 5.92 Å². The molecule has 0 aromatic heterocycles. The van der Waals surface area contributed by atoms with Gasteiger partial charge in [-0.1, -0.05) is 77.1 Å². The van der Waals surface area contributed by atoms with Crippen LogP contribution in [0.15, 0.2) is 42.5 Å². The Kier molecular flexibility index (Phi) is 10.1. The van der Waals surface area contributed by atoms with Gasteiger partial charge in [0.25, 0.3) is 0 Å². The first-order valence-electron chi connectivity index (χ1n) is 14.9. The van der Waals surface area contributed by atoms with Crippen LogP contribution < -0.4 is 0 Å². The molecule has 0 radical (unpaired) electrons. The van der Waals surface area contributed by atoms with E-state index in [0.29, 0.717) is 19.6 Å². The smallest absolute Gasteiger partial charge is 0.192 e. The molecule has 5 nitrogen and oxygen atoms in total. The van der Waals surface area contributed by atoms with E-state index >= 15 is 0 Å². The Morgan fingerprint density at radius 3 is 2.28 bits per heavy atom. The van der Waals surface area contributed by atoms with E-state index in [1.807, 2.05) is 32.0 Å². The molecule has 6 atom stereocenters. The van der Waals surface area contributed by atoms with Crippen LogP contribution in [-0.4, -0.2) is 55.1 Å². The minimum atomic E-state index is -2.11. The Hall–Kier alpha value is -1.02. The van der Waals surface area contributed by atoms with Crippen LogP contribution in [0.25, 0.3) is 0 Å². The zero-order chi connectivity index (χ0) is 29.3. The molecule has 1 N–H and O–H groups in total. The van der Waals surface area contributed by atoms with Crippen LogP contribution in [0.5, 0.6) is 0 Å². The van der Waals surface area contributed by atoms with Crippen molar-refractivity contribution >= 4 is 8.32 Å². The van der Waals surface area contributed by atoms with Crippen LogP contribution in [0.2, 0.25) is 18.1 Å². The van der Waals surface area contributed by atoms with Gasteiger partial charge in [-0.3, -0.25) is 0 Å². The lowest BCUT2D eigenvalue weighted by Gasteiger charge is -2.46. The average Bonchev–Trinajstić information content (AvgIpc) is 3.41. The summed E-state index contributed by atoms with van der Waals surface area (Å²) in [6, 6.07) is 10.3. The standard InChI is InChI=1S/C33H56O5Si/c1-24(2)27-17-18-31(8,36-27)28(34)21-33(25(3)4)20-19-32(9,38-33)29(37-39(10,11)30(5,6)7)23-35-22-26-15-13-12-14-16-26/h12-16,25,27-29,34H,1,17-23H2,2-11H3/t27-,28-,29+,31+,32-,33+/m1/s1. The third-order valence-corrected chi connectivity index (χ3v) is 14.4. The van der Waals surface area contributed by atoms with Crippen LogP contribution in [0.1, 0.15) is 93.1 Å². The molecule has 1 aromatic carbocycles. The number of hydrogen-bond donors (Lipinski definition) is 1. The molecule has 1 aromatic rings. The lowest BCUT2D eigenvalue weighted by Crippen LogP contribution is -2.55. The molecule has 0 amide bonds. The van der Waals surface area contributed by atoms with Crippen molar-refractivity contribution in [1.82, 2.24) is 0 Å². The van der Waals surface area contributed by atoms with Gasteiger partial charge in [-0.05, 0) is 76.1 Å². The maximum absolute atomic E-state index is 11.6. The van der Waals surface area contributed by atoms with E-state index in [1.54, 1.807) is 0 Å². The minimum Gasteiger partial charge on any atom is -0.409 e. The summed E-state index contributed by atoms with van der Waals surface area (Å²) < 4.78 is 26.9. The summed E-state index contributed by atoms with van der Waals surface area (Å²) in [4.78, 5) is 0. The van der Waals surface area contributed by atoms with E-state index in [4.69, 9.17) is 18.6 Å². The van der Waals surface area contributed by atoms with Crippen molar-refractivity contribution in [3.8, 4) is 0 Å². The first-order valence-corrected chi connectivity index (χ1v) is 17.8. The number of rotatable bonds is 12. The zero-order valence-corrected chi connectivity index (χ0v) is 27.4. The largest absolute Gasteiger partial charge is 0.409 e. The van der Waals surface area contributed by atoms with E-state index in [0.717, 1.165) is 36.8 Å². The highest BCUT2D eigenvalue weighted by molar-refractivity contribution is 6.74. The third-order valence-electron chi connectivity index (χ3n) is 9.95. The molecule has 0 bridgehead atoms. The van der Waals surface area contributed by atoms with Crippen molar-refractivity contribution in [1.29, 1.82) is 0 Å². The molecule has 0 saturated carbocycles. The molecular weight excluding hydrogens is 504 g/mol. The Bertz CT molecular complexity index is 957. The fraction of sp³-hybridized carbons (Fsp3) is 0.758. The quantitative estimate of drug-likeness (QED) is 0.209. The predicted molar refractivity (Wildman–Crippen MR) is 162 cm³/mol. The summed E-state index contributed by atoms with van der Waals surface area (Å²) in [5.74, 6) is 0.231. The van der Waals surface area contributed by atoms with Crippen LogP contribution in [0.4, 0.5) is 0 Å². The monoisotopic (exact) mass is 560 g/mol. The van der Waals surface area contributed by atoms with E-state index in [-0.39, 0.29) is 23.2 Å². The SMILES string of the molecule is C=C(C)[C@H]1CC[C@@](C)([C@H](O)C[C@]2(C(C)C)CC[C@](C)([C@H](COCc3ccccc3)O[Si](C)(C)C(C)(C)C)O2)O1. The molecule has 3 rings (SSSR count). The van der Waals surface area contributed by atoms with Gasteiger partial charge in [-0.2, -0.15) is 0 Å². The van der Waals surface area contributed by atoms with Crippen molar-refractivity contribution < 1.29 is 23.7 Å². The molecule has 0 aliphatic carbocycles. The van der Waals surface area contributed by atoms with E-state index in [2.05, 4.69) is 73.3 Å². The lowest BCUT2D eigenvalue weighted by molar-refractivity contribution is -0.194. The normalized spacial score (nSPS) is 31.5. The highest BCUT2D eigenvalue weighted by Crippen LogP contribution is 2.50. The Morgan fingerprint density at radius 2 is 1.74 bits per heavy atom. The summed E-state index contributed by atoms with van der Waals surface area (Å²) in [7, 11) is -2.11. The van der Waals surface area contributed by atoms with Gasteiger partial charge in [0.15, 0.2) is 8.32 Å². The van der Waals surface area contributed by atoms with Crippen molar-refractivity contribution in [3.63, 3.8) is 0 Å². The zero-order valence-electron chi connectivity index (χ0n) is 26.4. The summed E-state index contributed by atoms with van der Waals surface area (Å²) >= 11 is 0. The highest BCUT2D eigenvalue weighted by atomic mass is 28.4. The number of aliphatic hydroxyl groups is 1. The first-order chi connectivity index (χ1) is 17.9. The maximum atomic E-state index is 11.6. The third kappa shape index (κ3) is 7.44. The molecule has 2 aliphatic heterocycles. The van der Waals surface area contributed by atoms with E-state index < -0.39 is 31.2 Å². The molecule has 2 heterocycles. The molecule has 2 saturated heterocycles. The van der Waals surface area contributed by atoms with E-state index in [9.17, 15) is 5.11 Å². The second-order valence-electron chi connectivity index (χ2n) is 14.5. The fourth-order valence-electron chi connectivity index (χ4n) is 5.76. The molecule has 2 aliphatic rings. The molecule has 0 unspecified atom stereocenters. The van der Waals surface area contributed by atoms with Crippen molar-refractivity contribution in [2.45, 2.75) is 147 Å². The molecule has 2 fully saturated rings. The van der Waals surface area contributed by atoms with Gasteiger partial charge < -0.3 is 23.7 Å². The molecule has 6 heteroatoms. The lowest BCUT2D eigenvalue weighted by atomic mass is 9.78. The number of hydrogen-bond acceptors (Lipinski definition) is 5. The van der Waals surface area contributed by atoms with Gasteiger partial charge in [0.1, 0.15) is 0 Å². The number of ether oxygens (including phenoxy) is 3. The minimum absolute atomic E-state index is 0.0125. The second kappa shape index (κ2) is 12.1. The Morgan fingerprint density at radius 1 is 1.10 bits per heavy atom. The first kappa shape index (κ1) is 32.5. The topological polar surface area (TPSA) is 57.2 Å². The molecule has 222 valence electrons. The average molecular weight is 561 g/mol. The number of benzene rings is 1. The summed E-state index contributed by atoms with van der Waals surface area (Å²) in [6.07, 6.45) is 3.17. The Labute approximate surface area is 239 Å². The summed E-state index contributed by atoms with van der Waals surface area (Å²) in [5.41, 5.74) is 0.599. The van der Waals surface area contributed by atoms with Crippen LogP contribution >= 0.6 is 0 Å². The van der Waals surface area contributed by atoms with Crippen LogP contribution in [-0.2, 0) is 25.2 Å². The van der Waals surface area contributed by atoms with Gasteiger partial charge in [0.2, 0.25) is 0 Å². The van der Waals surface area contributed by atoms with E-state index in [1.165, 1.54) is 0 Å². The fourth-order valence-corrected chi connectivity index (χ4v) is 7.14. The van der Waals surface area contributed by atoms with Gasteiger partial charge in [-0.25, -0.2) is 0 Å². The predicted octanol–water partition coefficient (Wildman–Crippen LogP) is 7.82. The highest BCUT2D eigenvalue weighted by Gasteiger charge is 2.56. The molecule has 0 spiro atoms. The Balaban J connectivity index is 1.81. The second-order valence-corrected chi connectivity index (χ2v) is 19.3. The maximum Gasteiger partial charge on any atom is 0.192 e.